The summed E-state index contributed by atoms with van der Waals surface area (Å²) in [6.07, 6.45) is 1.86. The largest absolute Gasteiger partial charge is 0.459 e. The topological polar surface area (TPSA) is 68.3 Å². The lowest BCUT2D eigenvalue weighted by Crippen LogP contribution is -2.60. The molecule has 6 heteroatoms. The van der Waals surface area contributed by atoms with Crippen LogP contribution in [-0.2, 0) is 19.9 Å². The van der Waals surface area contributed by atoms with Crippen molar-refractivity contribution in [3.05, 3.63) is 59.7 Å². The number of morpholine rings is 1. The second-order valence-electron chi connectivity index (χ2n) is 9.13. The van der Waals surface area contributed by atoms with E-state index in [4.69, 9.17) is 14.2 Å². The molecule has 0 saturated carbocycles. The summed E-state index contributed by atoms with van der Waals surface area (Å²) in [5.41, 5.74) is -1.04. The predicted molar refractivity (Wildman–Crippen MR) is 103 cm³/mol. The zero-order valence-electron chi connectivity index (χ0n) is 16.4. The zero-order chi connectivity index (χ0) is 20.0. The summed E-state index contributed by atoms with van der Waals surface area (Å²) in [6.45, 7) is 0. The zero-order valence-corrected chi connectivity index (χ0v) is 16.4. The number of para-hydroxylation sites is 2. The maximum atomic E-state index is 13.4. The predicted octanol–water partition coefficient (Wildman–Crippen LogP) is 2.33. The minimum Gasteiger partial charge on any atom is -0.459 e. The number of piperidine rings is 1. The average Bonchev–Trinajstić information content (AvgIpc) is 3.46. The molecule has 4 aliphatic rings. The Hall–Kier alpha value is -2.41. The van der Waals surface area contributed by atoms with Gasteiger partial charge in [0.2, 0.25) is 5.60 Å². The van der Waals surface area contributed by atoms with E-state index in [9.17, 15) is 9.90 Å². The number of rotatable bonds is 2. The van der Waals surface area contributed by atoms with Gasteiger partial charge in [0.1, 0.15) is 41.9 Å². The van der Waals surface area contributed by atoms with Crippen LogP contribution in [0.1, 0.15) is 24.0 Å². The Kier molecular flexibility index (Phi) is 3.37. The van der Waals surface area contributed by atoms with Crippen molar-refractivity contribution >= 4 is 5.97 Å². The van der Waals surface area contributed by atoms with Crippen molar-refractivity contribution in [1.82, 2.24) is 0 Å². The van der Waals surface area contributed by atoms with Crippen LogP contribution in [0.25, 0.3) is 0 Å². The maximum absolute atomic E-state index is 13.4. The number of quaternary nitrogens is 1. The smallest absolute Gasteiger partial charge is 0.348 e. The summed E-state index contributed by atoms with van der Waals surface area (Å²) < 4.78 is 18.6. The van der Waals surface area contributed by atoms with Gasteiger partial charge in [0, 0.05) is 24.0 Å². The minimum atomic E-state index is -1.88. The molecule has 150 valence electrons. The van der Waals surface area contributed by atoms with Gasteiger partial charge >= 0.3 is 5.97 Å². The normalized spacial score (nSPS) is 34.2. The number of esters is 1. The van der Waals surface area contributed by atoms with Gasteiger partial charge in [0.05, 0.1) is 14.1 Å². The number of hydrogen-bond donors (Lipinski definition) is 1. The average molecular weight is 394 g/mol. The standard InChI is InChI=1S/C23H24NO5/c1-24(2)16-11-13(12-17(24)21-20(16)29-21)27-22(25)23(26)14-7-3-5-9-18(14)28-19-10-6-4-8-15(19)23/h3-10,13,16-17,20-21,26H,11-12H2,1-2H3/q+1/t13?,16-,17?,20-,21?/m0/s1. The highest BCUT2D eigenvalue weighted by atomic mass is 16.6. The molecular weight excluding hydrogens is 370 g/mol. The first kappa shape index (κ1) is 17.4. The Morgan fingerprint density at radius 3 is 2.07 bits per heavy atom. The maximum Gasteiger partial charge on any atom is 0.348 e. The van der Waals surface area contributed by atoms with Crippen molar-refractivity contribution < 1.29 is 28.6 Å². The molecular formula is C23H24NO5+. The number of ether oxygens (including phenoxy) is 3. The Balaban J connectivity index is 1.34. The third-order valence-electron chi connectivity index (χ3n) is 7.38. The van der Waals surface area contributed by atoms with Gasteiger partial charge in [0.25, 0.3) is 0 Å². The lowest BCUT2D eigenvalue weighted by molar-refractivity contribution is -0.938. The minimum absolute atomic E-state index is 0.216. The van der Waals surface area contributed by atoms with E-state index in [0.717, 1.165) is 17.3 Å². The second-order valence-corrected chi connectivity index (χ2v) is 9.13. The molecule has 0 aliphatic carbocycles. The Morgan fingerprint density at radius 1 is 1.00 bits per heavy atom. The number of carbonyl (C=O) groups is 1. The van der Waals surface area contributed by atoms with Gasteiger partial charge in [-0.25, -0.2) is 4.79 Å². The van der Waals surface area contributed by atoms with E-state index in [-0.39, 0.29) is 18.3 Å². The summed E-state index contributed by atoms with van der Waals surface area (Å²) in [7, 11) is 4.47. The number of hydrogen-bond acceptors (Lipinski definition) is 5. The van der Waals surface area contributed by atoms with Crippen molar-refractivity contribution in [3.8, 4) is 11.5 Å². The quantitative estimate of drug-likeness (QED) is 0.481. The number of fused-ring (bicyclic) bond motifs is 7. The van der Waals surface area contributed by atoms with Crippen LogP contribution in [0.2, 0.25) is 0 Å². The fourth-order valence-electron chi connectivity index (χ4n) is 5.73. The van der Waals surface area contributed by atoms with Crippen LogP contribution >= 0.6 is 0 Å². The Bertz CT molecular complexity index is 952. The van der Waals surface area contributed by atoms with Crippen LogP contribution in [0.5, 0.6) is 11.5 Å². The summed E-state index contributed by atoms with van der Waals surface area (Å²) in [5, 5.41) is 11.7. The number of benzene rings is 2. The molecule has 0 radical (unpaired) electrons. The highest BCUT2D eigenvalue weighted by Gasteiger charge is 2.71. The van der Waals surface area contributed by atoms with Crippen molar-refractivity contribution in [2.24, 2.45) is 0 Å². The Labute approximate surface area is 169 Å². The van der Waals surface area contributed by atoms with E-state index >= 15 is 0 Å². The van der Waals surface area contributed by atoms with Crippen LogP contribution in [0, 0.1) is 0 Å². The fraction of sp³-hybridized carbons (Fsp3) is 0.435. The molecule has 3 unspecified atom stereocenters. The molecule has 29 heavy (non-hydrogen) atoms. The number of nitrogens with zero attached hydrogens (tertiary/aromatic N) is 1. The van der Waals surface area contributed by atoms with E-state index < -0.39 is 11.6 Å². The molecule has 2 aromatic rings. The number of epoxide rings is 1. The van der Waals surface area contributed by atoms with Crippen molar-refractivity contribution in [2.45, 2.75) is 48.8 Å². The van der Waals surface area contributed by atoms with Crippen LogP contribution in [0.15, 0.2) is 48.5 Å². The van der Waals surface area contributed by atoms with Crippen LogP contribution in [0.3, 0.4) is 0 Å². The molecule has 6 rings (SSSR count). The van der Waals surface area contributed by atoms with Gasteiger partial charge in [-0.2, -0.15) is 0 Å². The van der Waals surface area contributed by atoms with Crippen molar-refractivity contribution in [1.29, 1.82) is 0 Å². The Morgan fingerprint density at radius 2 is 1.52 bits per heavy atom. The summed E-state index contributed by atoms with van der Waals surface area (Å²) in [4.78, 5) is 13.4. The van der Waals surface area contributed by atoms with Gasteiger partial charge in [-0.05, 0) is 12.1 Å². The molecule has 0 spiro atoms. The van der Waals surface area contributed by atoms with E-state index in [1.165, 1.54) is 0 Å². The molecule has 4 aliphatic heterocycles. The third kappa shape index (κ3) is 2.25. The summed E-state index contributed by atoms with van der Waals surface area (Å²) in [5.74, 6) is 0.315. The van der Waals surface area contributed by atoms with Gasteiger partial charge in [0.15, 0.2) is 0 Å². The van der Waals surface area contributed by atoms with E-state index in [0.29, 0.717) is 34.7 Å². The monoisotopic (exact) mass is 394 g/mol. The first-order valence-electron chi connectivity index (χ1n) is 10.2. The molecule has 2 bridgehead atoms. The molecule has 0 amide bonds. The van der Waals surface area contributed by atoms with Crippen LogP contribution < -0.4 is 4.74 Å². The molecule has 3 saturated heterocycles. The molecule has 3 fully saturated rings. The molecule has 6 nitrogen and oxygen atoms in total. The molecule has 2 aromatic carbocycles. The SMILES string of the molecule is C[N+]1(C)C2CC(OC(=O)C3(O)c4ccccc4Oc4ccccc43)C[C@H]1[C@@H]1OC21. The molecule has 5 atom stereocenters. The first-order chi connectivity index (χ1) is 13.9. The second kappa shape index (κ2) is 5.59. The highest BCUT2D eigenvalue weighted by molar-refractivity contribution is 5.88. The highest BCUT2D eigenvalue weighted by Crippen LogP contribution is 2.52. The summed E-state index contributed by atoms with van der Waals surface area (Å²) in [6, 6.07) is 14.9. The van der Waals surface area contributed by atoms with Gasteiger partial charge < -0.3 is 23.8 Å². The van der Waals surface area contributed by atoms with Gasteiger partial charge in [-0.1, -0.05) is 36.4 Å². The molecule has 0 aromatic heterocycles. The first-order valence-corrected chi connectivity index (χ1v) is 10.2. The number of likely N-dealkylation sites (N-methyl/N-ethyl adjacent to an activating group) is 1. The van der Waals surface area contributed by atoms with E-state index in [2.05, 4.69) is 14.1 Å². The molecule has 1 N–H and O–H groups in total. The van der Waals surface area contributed by atoms with Crippen LogP contribution in [-0.4, -0.2) is 60.0 Å². The van der Waals surface area contributed by atoms with Gasteiger partial charge in [-0.3, -0.25) is 0 Å². The van der Waals surface area contributed by atoms with Crippen molar-refractivity contribution in [3.63, 3.8) is 0 Å². The third-order valence-corrected chi connectivity index (χ3v) is 7.38. The lowest BCUT2D eigenvalue weighted by Gasteiger charge is -2.45. The number of aliphatic hydroxyl groups is 1. The summed E-state index contributed by atoms with van der Waals surface area (Å²) >= 11 is 0. The van der Waals surface area contributed by atoms with Crippen LogP contribution in [0.4, 0.5) is 0 Å². The fourth-order valence-corrected chi connectivity index (χ4v) is 5.73. The van der Waals surface area contributed by atoms with Crippen molar-refractivity contribution in [2.75, 3.05) is 14.1 Å². The molecule has 4 heterocycles. The van der Waals surface area contributed by atoms with E-state index in [1.54, 1.807) is 36.4 Å². The van der Waals surface area contributed by atoms with E-state index in [1.807, 2.05) is 12.1 Å². The van der Waals surface area contributed by atoms with Gasteiger partial charge in [-0.15, -0.1) is 0 Å². The lowest BCUT2D eigenvalue weighted by atomic mass is 9.83. The number of carbonyl (C=O) groups excluding carboxylic acids is 1.